The molecule has 0 aromatic heterocycles. The lowest BCUT2D eigenvalue weighted by Crippen LogP contribution is -2.21. The maximum Gasteiger partial charge on any atom is 0.0505 e. The van der Waals surface area contributed by atoms with Crippen molar-refractivity contribution >= 4 is 15.9 Å². The van der Waals surface area contributed by atoms with Gasteiger partial charge < -0.3 is 10.8 Å². The van der Waals surface area contributed by atoms with Crippen LogP contribution in [0.1, 0.15) is 17.9 Å². The highest BCUT2D eigenvalue weighted by Crippen LogP contribution is 2.59. The Morgan fingerprint density at radius 1 is 1.50 bits per heavy atom. The topological polar surface area (TPSA) is 46.2 Å². The first kappa shape index (κ1) is 10.1. The third-order valence-corrected chi connectivity index (χ3v) is 3.91. The Kier molecular flexibility index (Phi) is 2.64. The summed E-state index contributed by atoms with van der Waals surface area (Å²) in [4.78, 5) is 0. The molecule has 0 bridgehead atoms. The van der Waals surface area contributed by atoms with Crippen LogP contribution in [-0.4, -0.2) is 18.3 Å². The van der Waals surface area contributed by atoms with Crippen molar-refractivity contribution in [3.63, 3.8) is 0 Å². The number of nitrogens with two attached hydrogens (primary N) is 1. The van der Waals surface area contributed by atoms with Gasteiger partial charge in [0.1, 0.15) is 0 Å². The maximum absolute atomic E-state index is 9.28. The van der Waals surface area contributed by atoms with Gasteiger partial charge in [-0.25, -0.2) is 0 Å². The van der Waals surface area contributed by atoms with Crippen LogP contribution in [0.15, 0.2) is 28.7 Å². The van der Waals surface area contributed by atoms with Gasteiger partial charge in [-0.2, -0.15) is 0 Å². The number of aliphatic hydroxyl groups excluding tert-OH is 1. The lowest BCUT2D eigenvalue weighted by molar-refractivity contribution is 0.211. The maximum atomic E-state index is 9.28. The number of rotatable bonds is 3. The van der Waals surface area contributed by atoms with E-state index >= 15 is 0 Å². The zero-order chi connectivity index (χ0) is 10.2. The van der Waals surface area contributed by atoms with E-state index in [-0.39, 0.29) is 12.0 Å². The molecule has 1 aliphatic carbocycles. The minimum atomic E-state index is -0.0517. The molecule has 2 rings (SSSR count). The molecule has 0 radical (unpaired) electrons. The van der Waals surface area contributed by atoms with Gasteiger partial charge in [0.05, 0.1) is 6.61 Å². The fourth-order valence-corrected chi connectivity index (χ4v) is 2.57. The molecular formula is C11H14BrNO. The molecule has 1 aromatic rings. The van der Waals surface area contributed by atoms with Crippen molar-refractivity contribution < 1.29 is 5.11 Å². The van der Waals surface area contributed by atoms with Crippen molar-refractivity contribution in [2.45, 2.75) is 12.3 Å². The van der Waals surface area contributed by atoms with Gasteiger partial charge in [-0.05, 0) is 24.0 Å². The highest BCUT2D eigenvalue weighted by molar-refractivity contribution is 9.10. The first-order valence-corrected chi connectivity index (χ1v) is 5.58. The summed E-state index contributed by atoms with van der Waals surface area (Å²) in [5, 5.41) is 9.28. The van der Waals surface area contributed by atoms with Crippen LogP contribution in [0.3, 0.4) is 0 Å². The number of halogens is 1. The van der Waals surface area contributed by atoms with E-state index in [1.54, 1.807) is 0 Å². The minimum Gasteiger partial charge on any atom is -0.396 e. The Morgan fingerprint density at radius 2 is 2.21 bits per heavy atom. The van der Waals surface area contributed by atoms with Crippen LogP contribution in [0.5, 0.6) is 0 Å². The second kappa shape index (κ2) is 3.65. The largest absolute Gasteiger partial charge is 0.396 e. The van der Waals surface area contributed by atoms with E-state index < -0.39 is 0 Å². The summed E-state index contributed by atoms with van der Waals surface area (Å²) in [7, 11) is 0. The molecule has 14 heavy (non-hydrogen) atoms. The van der Waals surface area contributed by atoms with E-state index in [1.807, 2.05) is 18.2 Å². The smallest absolute Gasteiger partial charge is 0.0505 e. The van der Waals surface area contributed by atoms with E-state index in [1.165, 1.54) is 5.56 Å². The summed E-state index contributed by atoms with van der Waals surface area (Å²) in [6, 6.07) is 8.16. The molecule has 3 N–H and O–H groups in total. The number of hydrogen-bond donors (Lipinski definition) is 2. The Morgan fingerprint density at radius 3 is 2.71 bits per heavy atom. The highest BCUT2D eigenvalue weighted by Gasteiger charge is 2.53. The van der Waals surface area contributed by atoms with Gasteiger partial charge in [0, 0.05) is 16.4 Å². The van der Waals surface area contributed by atoms with Crippen LogP contribution >= 0.6 is 15.9 Å². The molecule has 3 heteroatoms. The van der Waals surface area contributed by atoms with E-state index in [4.69, 9.17) is 5.73 Å². The molecule has 2 atom stereocenters. The normalized spacial score (nSPS) is 30.4. The summed E-state index contributed by atoms with van der Waals surface area (Å²) >= 11 is 3.52. The SMILES string of the molecule is NC[C@@]1(CO)C[C@H]1c1ccccc1Br. The molecule has 0 spiro atoms. The van der Waals surface area contributed by atoms with Gasteiger partial charge >= 0.3 is 0 Å². The van der Waals surface area contributed by atoms with Gasteiger partial charge in [0.2, 0.25) is 0 Å². The third kappa shape index (κ3) is 1.49. The molecule has 1 saturated carbocycles. The van der Waals surface area contributed by atoms with E-state index in [0.29, 0.717) is 12.5 Å². The molecular weight excluding hydrogens is 242 g/mol. The summed E-state index contributed by atoms with van der Waals surface area (Å²) < 4.78 is 1.12. The standard InChI is InChI=1S/C11H14BrNO/c12-10-4-2-1-3-8(10)9-5-11(9,6-13)7-14/h1-4,9,14H,5-7,13H2/t9-,11+/m0/s1. The van der Waals surface area contributed by atoms with Crippen molar-refractivity contribution in [3.8, 4) is 0 Å². The second-order valence-corrected chi connectivity index (χ2v) is 4.86. The molecule has 0 heterocycles. The van der Waals surface area contributed by atoms with Crippen molar-refractivity contribution in [3.05, 3.63) is 34.3 Å². The first-order valence-electron chi connectivity index (χ1n) is 4.79. The summed E-state index contributed by atoms with van der Waals surface area (Å²) in [6.07, 6.45) is 1.00. The van der Waals surface area contributed by atoms with Gasteiger partial charge in [-0.15, -0.1) is 0 Å². The molecule has 0 amide bonds. The summed E-state index contributed by atoms with van der Waals surface area (Å²) in [6.45, 7) is 0.755. The van der Waals surface area contributed by atoms with Gasteiger partial charge in [-0.1, -0.05) is 34.1 Å². The molecule has 76 valence electrons. The van der Waals surface area contributed by atoms with Crippen LogP contribution in [0, 0.1) is 5.41 Å². The Balaban J connectivity index is 2.24. The van der Waals surface area contributed by atoms with Crippen molar-refractivity contribution in [1.29, 1.82) is 0 Å². The monoisotopic (exact) mass is 255 g/mol. The van der Waals surface area contributed by atoms with E-state index in [9.17, 15) is 5.11 Å². The predicted molar refractivity (Wildman–Crippen MR) is 60.1 cm³/mol. The lowest BCUT2D eigenvalue weighted by atomic mass is 10.0. The van der Waals surface area contributed by atoms with Gasteiger partial charge in [0.15, 0.2) is 0 Å². The molecule has 1 aromatic carbocycles. The molecule has 0 aliphatic heterocycles. The van der Waals surface area contributed by atoms with E-state index in [0.717, 1.165) is 10.9 Å². The summed E-state index contributed by atoms with van der Waals surface area (Å²) in [5.41, 5.74) is 6.90. The first-order chi connectivity index (χ1) is 6.73. The van der Waals surface area contributed by atoms with Gasteiger partial charge in [-0.3, -0.25) is 0 Å². The third-order valence-electron chi connectivity index (χ3n) is 3.19. The molecule has 1 aliphatic rings. The Bertz CT molecular complexity index is 336. The van der Waals surface area contributed by atoms with Crippen molar-refractivity contribution in [2.75, 3.05) is 13.2 Å². The van der Waals surface area contributed by atoms with Crippen LogP contribution < -0.4 is 5.73 Å². The Hall–Kier alpha value is -0.380. The van der Waals surface area contributed by atoms with Crippen LogP contribution in [0.4, 0.5) is 0 Å². The average Bonchev–Trinajstić information content (AvgIpc) is 2.94. The van der Waals surface area contributed by atoms with Crippen LogP contribution in [0.25, 0.3) is 0 Å². The molecule has 0 saturated heterocycles. The van der Waals surface area contributed by atoms with Crippen molar-refractivity contribution in [2.24, 2.45) is 11.1 Å². The van der Waals surface area contributed by atoms with E-state index in [2.05, 4.69) is 22.0 Å². The fourth-order valence-electron chi connectivity index (χ4n) is 2.01. The fraction of sp³-hybridized carbons (Fsp3) is 0.455. The molecule has 1 fully saturated rings. The van der Waals surface area contributed by atoms with Gasteiger partial charge in [0.25, 0.3) is 0 Å². The van der Waals surface area contributed by atoms with Crippen LogP contribution in [0.2, 0.25) is 0 Å². The van der Waals surface area contributed by atoms with Crippen molar-refractivity contribution in [1.82, 2.24) is 0 Å². The lowest BCUT2D eigenvalue weighted by Gasteiger charge is -2.11. The zero-order valence-electron chi connectivity index (χ0n) is 7.91. The van der Waals surface area contributed by atoms with Crippen LogP contribution in [-0.2, 0) is 0 Å². The number of benzene rings is 1. The Labute approximate surface area is 92.3 Å². The predicted octanol–water partition coefficient (Wildman–Crippen LogP) is 1.87. The highest BCUT2D eigenvalue weighted by atomic mass is 79.9. The minimum absolute atomic E-state index is 0.0517. The molecule has 0 unspecified atom stereocenters. The second-order valence-electron chi connectivity index (χ2n) is 4.00. The zero-order valence-corrected chi connectivity index (χ0v) is 9.50. The quantitative estimate of drug-likeness (QED) is 0.867. The summed E-state index contributed by atoms with van der Waals surface area (Å²) in [5.74, 6) is 0.424. The number of aliphatic hydroxyl groups is 1. The number of hydrogen-bond acceptors (Lipinski definition) is 2. The molecule has 2 nitrogen and oxygen atoms in total. The average molecular weight is 256 g/mol.